The van der Waals surface area contributed by atoms with Gasteiger partial charge in [-0.05, 0) is 37.1 Å². The van der Waals surface area contributed by atoms with E-state index in [-0.39, 0.29) is 18.0 Å². The molecule has 1 aliphatic rings. The Labute approximate surface area is 146 Å². The topological polar surface area (TPSA) is 23.6 Å². The van der Waals surface area contributed by atoms with Crippen LogP contribution in [0.1, 0.15) is 25.0 Å². The van der Waals surface area contributed by atoms with Gasteiger partial charge in [-0.1, -0.05) is 31.2 Å². The Morgan fingerprint density at radius 3 is 2.40 bits per heavy atom. The third-order valence-electron chi connectivity index (χ3n) is 4.87. The van der Waals surface area contributed by atoms with Crippen LogP contribution in [0.25, 0.3) is 0 Å². The second-order valence-corrected chi connectivity index (χ2v) is 6.32. The van der Waals surface area contributed by atoms with Gasteiger partial charge in [0.25, 0.3) is 0 Å². The van der Waals surface area contributed by atoms with Crippen molar-refractivity contribution in [1.82, 2.24) is 4.90 Å². The SMILES string of the molecule is CCc1ccccc1N1CCN(Cc2c(F)cccc2F)C(C)C1=O. The summed E-state index contributed by atoms with van der Waals surface area (Å²) in [6, 6.07) is 11.3. The van der Waals surface area contributed by atoms with E-state index in [0.717, 1.165) is 17.7 Å². The Morgan fingerprint density at radius 1 is 1.04 bits per heavy atom. The number of benzene rings is 2. The number of rotatable bonds is 4. The minimum absolute atomic E-state index is 0.0181. The van der Waals surface area contributed by atoms with Gasteiger partial charge in [-0.2, -0.15) is 0 Å². The van der Waals surface area contributed by atoms with Gasteiger partial charge in [-0.15, -0.1) is 0 Å². The molecule has 1 aliphatic heterocycles. The van der Waals surface area contributed by atoms with Crippen LogP contribution in [0.5, 0.6) is 0 Å². The third-order valence-corrected chi connectivity index (χ3v) is 4.87. The molecule has 3 rings (SSSR count). The number of carbonyl (C=O) groups is 1. The molecule has 0 N–H and O–H groups in total. The molecule has 5 heteroatoms. The van der Waals surface area contributed by atoms with Crippen molar-refractivity contribution in [3.63, 3.8) is 0 Å². The normalized spacial score (nSPS) is 18.6. The standard InChI is InChI=1S/C20H22F2N2O/c1-3-15-7-4-5-10-19(15)24-12-11-23(14(2)20(24)25)13-16-17(21)8-6-9-18(16)22/h4-10,14H,3,11-13H2,1-2H3. The van der Waals surface area contributed by atoms with Gasteiger partial charge in [0.15, 0.2) is 0 Å². The van der Waals surface area contributed by atoms with Crippen molar-refractivity contribution in [3.8, 4) is 0 Å². The highest BCUT2D eigenvalue weighted by Crippen LogP contribution is 2.26. The summed E-state index contributed by atoms with van der Waals surface area (Å²) in [5, 5.41) is 0. The number of halogens is 2. The number of carbonyl (C=O) groups excluding carboxylic acids is 1. The zero-order valence-electron chi connectivity index (χ0n) is 14.5. The summed E-state index contributed by atoms with van der Waals surface area (Å²) >= 11 is 0. The minimum atomic E-state index is -0.571. The van der Waals surface area contributed by atoms with Crippen LogP contribution in [-0.4, -0.2) is 29.9 Å². The van der Waals surface area contributed by atoms with Crippen LogP contribution in [0.4, 0.5) is 14.5 Å². The monoisotopic (exact) mass is 344 g/mol. The van der Waals surface area contributed by atoms with Crippen molar-refractivity contribution in [2.45, 2.75) is 32.9 Å². The van der Waals surface area contributed by atoms with Gasteiger partial charge in [-0.3, -0.25) is 9.69 Å². The van der Waals surface area contributed by atoms with E-state index in [2.05, 4.69) is 6.92 Å². The summed E-state index contributed by atoms with van der Waals surface area (Å²) in [7, 11) is 0. The Bertz CT molecular complexity index is 758. The lowest BCUT2D eigenvalue weighted by Gasteiger charge is -2.39. The number of hydrogen-bond donors (Lipinski definition) is 0. The van der Waals surface area contributed by atoms with E-state index in [4.69, 9.17) is 0 Å². The van der Waals surface area contributed by atoms with E-state index in [1.165, 1.54) is 18.2 Å². The fourth-order valence-corrected chi connectivity index (χ4v) is 3.33. The highest BCUT2D eigenvalue weighted by Gasteiger charge is 2.33. The molecule has 1 amide bonds. The average molecular weight is 344 g/mol. The maximum Gasteiger partial charge on any atom is 0.244 e. The number of nitrogens with zero attached hydrogens (tertiary/aromatic N) is 2. The summed E-state index contributed by atoms with van der Waals surface area (Å²) in [4.78, 5) is 16.5. The molecule has 1 atom stereocenters. The summed E-state index contributed by atoms with van der Waals surface area (Å²) in [6.07, 6.45) is 0.846. The first kappa shape index (κ1) is 17.5. The molecule has 3 nitrogen and oxygen atoms in total. The molecule has 0 saturated carbocycles. The molecular weight excluding hydrogens is 322 g/mol. The maximum atomic E-state index is 13.9. The van der Waals surface area contributed by atoms with Gasteiger partial charge in [0, 0.05) is 30.9 Å². The molecule has 132 valence electrons. The molecule has 2 aromatic rings. The van der Waals surface area contributed by atoms with Crippen molar-refractivity contribution in [1.29, 1.82) is 0 Å². The maximum absolute atomic E-state index is 13.9. The summed E-state index contributed by atoms with van der Waals surface area (Å²) in [5.41, 5.74) is 2.07. The fourth-order valence-electron chi connectivity index (χ4n) is 3.33. The lowest BCUT2D eigenvalue weighted by Crippen LogP contribution is -2.55. The summed E-state index contributed by atoms with van der Waals surface area (Å²) in [5.74, 6) is -1.18. The molecule has 0 bridgehead atoms. The van der Waals surface area contributed by atoms with E-state index < -0.39 is 17.7 Å². The smallest absolute Gasteiger partial charge is 0.244 e. The first-order chi connectivity index (χ1) is 12.0. The molecule has 25 heavy (non-hydrogen) atoms. The predicted octanol–water partition coefficient (Wildman–Crippen LogP) is 3.76. The van der Waals surface area contributed by atoms with E-state index in [1.807, 2.05) is 29.2 Å². The van der Waals surface area contributed by atoms with Crippen molar-refractivity contribution < 1.29 is 13.6 Å². The lowest BCUT2D eigenvalue weighted by atomic mass is 10.1. The number of hydrogen-bond acceptors (Lipinski definition) is 2. The van der Waals surface area contributed by atoms with Gasteiger partial charge in [-0.25, -0.2) is 8.78 Å². The van der Waals surface area contributed by atoms with Crippen molar-refractivity contribution in [2.24, 2.45) is 0 Å². The largest absolute Gasteiger partial charge is 0.310 e. The molecular formula is C20H22F2N2O. The molecule has 0 aromatic heterocycles. The average Bonchev–Trinajstić information content (AvgIpc) is 2.62. The van der Waals surface area contributed by atoms with Crippen LogP contribution in [-0.2, 0) is 17.8 Å². The lowest BCUT2D eigenvalue weighted by molar-refractivity contribution is -0.125. The minimum Gasteiger partial charge on any atom is -0.310 e. The van der Waals surface area contributed by atoms with Crippen molar-refractivity contribution >= 4 is 11.6 Å². The van der Waals surface area contributed by atoms with E-state index in [9.17, 15) is 13.6 Å². The first-order valence-corrected chi connectivity index (χ1v) is 8.59. The number of piperazine rings is 1. The van der Waals surface area contributed by atoms with Crippen LogP contribution < -0.4 is 4.90 Å². The predicted molar refractivity (Wildman–Crippen MR) is 94.4 cm³/mol. The second-order valence-electron chi connectivity index (χ2n) is 6.32. The summed E-state index contributed by atoms with van der Waals surface area (Å²) in [6.45, 7) is 5.02. The van der Waals surface area contributed by atoms with Gasteiger partial charge in [0.2, 0.25) is 5.91 Å². The zero-order chi connectivity index (χ0) is 18.0. The molecule has 1 unspecified atom stereocenters. The highest BCUT2D eigenvalue weighted by atomic mass is 19.1. The molecule has 2 aromatic carbocycles. The Morgan fingerprint density at radius 2 is 1.72 bits per heavy atom. The molecule has 0 radical (unpaired) electrons. The Kier molecular flexibility index (Phi) is 5.13. The van der Waals surface area contributed by atoms with Gasteiger partial charge < -0.3 is 4.90 Å². The van der Waals surface area contributed by atoms with E-state index in [1.54, 1.807) is 11.8 Å². The first-order valence-electron chi connectivity index (χ1n) is 8.59. The number of anilines is 1. The van der Waals surface area contributed by atoms with Gasteiger partial charge in [0.05, 0.1) is 6.04 Å². The van der Waals surface area contributed by atoms with Crippen LogP contribution in [0, 0.1) is 11.6 Å². The number of aryl methyl sites for hydroxylation is 1. The number of para-hydroxylation sites is 1. The third kappa shape index (κ3) is 3.42. The summed E-state index contributed by atoms with van der Waals surface area (Å²) < 4.78 is 27.8. The second kappa shape index (κ2) is 7.31. The van der Waals surface area contributed by atoms with Crippen LogP contribution in [0.15, 0.2) is 42.5 Å². The van der Waals surface area contributed by atoms with Crippen LogP contribution in [0.3, 0.4) is 0 Å². The van der Waals surface area contributed by atoms with E-state index in [0.29, 0.717) is 13.1 Å². The Hall–Kier alpha value is -2.27. The highest BCUT2D eigenvalue weighted by molar-refractivity contribution is 5.98. The zero-order valence-corrected chi connectivity index (χ0v) is 14.5. The number of amides is 1. The molecule has 1 heterocycles. The van der Waals surface area contributed by atoms with Crippen LogP contribution in [0.2, 0.25) is 0 Å². The van der Waals surface area contributed by atoms with Crippen molar-refractivity contribution in [2.75, 3.05) is 18.0 Å². The fraction of sp³-hybridized carbons (Fsp3) is 0.350. The quantitative estimate of drug-likeness (QED) is 0.843. The molecule has 1 saturated heterocycles. The van der Waals surface area contributed by atoms with E-state index >= 15 is 0 Å². The van der Waals surface area contributed by atoms with Crippen molar-refractivity contribution in [3.05, 3.63) is 65.2 Å². The molecule has 0 spiro atoms. The Balaban J connectivity index is 1.80. The molecule has 0 aliphatic carbocycles. The molecule has 1 fully saturated rings. The van der Waals surface area contributed by atoms with Gasteiger partial charge >= 0.3 is 0 Å². The van der Waals surface area contributed by atoms with Gasteiger partial charge in [0.1, 0.15) is 11.6 Å². The van der Waals surface area contributed by atoms with Crippen LogP contribution >= 0.6 is 0 Å².